The number of aromatic hydroxyl groups is 2. The first-order chi connectivity index (χ1) is 31.4. The Balaban J connectivity index is 1.17. The van der Waals surface area contributed by atoms with Gasteiger partial charge in [-0.1, -0.05) is 103 Å². The summed E-state index contributed by atoms with van der Waals surface area (Å²) in [5, 5.41) is 48.7. The number of aliphatic hydroxyl groups is 1. The second kappa shape index (κ2) is 20.6. The summed E-state index contributed by atoms with van der Waals surface area (Å²) in [5.74, 6) is 8.76. The summed E-state index contributed by atoms with van der Waals surface area (Å²) in [6, 6.07) is 14.7. The molecule has 6 atom stereocenters. The van der Waals surface area contributed by atoms with E-state index in [-0.39, 0.29) is 46.9 Å². The topological polar surface area (TPSA) is 174 Å². The number of allylic oxidation sites excluding steroid dienone is 5. The van der Waals surface area contributed by atoms with Crippen LogP contribution in [0.25, 0.3) is 0 Å². The number of hydrogen-bond donors (Lipinski definition) is 5. The van der Waals surface area contributed by atoms with Crippen LogP contribution in [0.5, 0.6) is 17.2 Å². The number of aliphatic imine (C=N–C) groups is 1. The lowest BCUT2D eigenvalue weighted by atomic mass is 9.61. The summed E-state index contributed by atoms with van der Waals surface area (Å²) in [5.41, 5.74) is 19.2. The molecule has 0 unspecified atom stereocenters. The van der Waals surface area contributed by atoms with Crippen LogP contribution in [0, 0.1) is 34.5 Å². The molecule has 2 fully saturated rings. The Hall–Kier alpha value is -4.44. The summed E-state index contributed by atoms with van der Waals surface area (Å²) >= 11 is 0. The van der Waals surface area contributed by atoms with Crippen molar-refractivity contribution in [2.75, 3.05) is 12.4 Å². The van der Waals surface area contributed by atoms with Gasteiger partial charge >= 0.3 is 0 Å². The van der Waals surface area contributed by atoms with Crippen molar-refractivity contribution in [2.45, 2.75) is 128 Å². The van der Waals surface area contributed by atoms with Gasteiger partial charge in [0.05, 0.1) is 31.0 Å². The molecule has 2 saturated carbocycles. The number of unbranched alkanes of at least 4 members (excludes halogenated alkanes) is 2. The molecule has 5 aliphatic rings. The number of nitrogens with two attached hydrogens (primary N) is 2. The second-order valence-electron chi connectivity index (χ2n) is 19.3. The van der Waals surface area contributed by atoms with E-state index in [9.17, 15) is 25.2 Å². The minimum atomic E-state index is -0.778. The Kier molecular flexibility index (Phi) is 14.9. The predicted molar refractivity (Wildman–Crippen MR) is 262 cm³/mol. The van der Waals surface area contributed by atoms with Crippen LogP contribution in [-0.2, 0) is 23.4 Å². The van der Waals surface area contributed by atoms with E-state index < -0.39 is 18.2 Å². The van der Waals surface area contributed by atoms with Crippen LogP contribution in [0.15, 0.2) is 89.3 Å². The lowest BCUT2D eigenvalue weighted by Gasteiger charge is -2.45. The standard InChI is InChI=1S/C54H65N3O6S2/c1-3-4-5-7-34(2)24-39-16-20-54-32-53(39,30-51(54)62)21-17-40(58)13-10-35-12-15-48(60)50(26-35)63-23-19-36-11-14-47(59)45(25-36)44-29-49(61)41-18-22-57-46(41)9-6-8-37-27-43(52(55)56)38(28-42(37)44)31-64-65-33-54/h11-12,14-15,17-18,21-22,25-28,34,39,44,51-52,59-62H,3-5,7,9-10,13,16,19-20,23-24,29-33,55-56H2,1-2H3/p-1/b21-17+,49-41?/t34-,39-,44+,51+,53-,54-/m0/s1. The fraction of sp³-hybridized carbons (Fsp3) is 0.481. The number of benzene rings is 3. The number of carbonyl (C=O) groups is 1. The van der Waals surface area contributed by atoms with Crippen LogP contribution >= 0.6 is 21.6 Å². The molecule has 7 N–H and O–H groups in total. The molecule has 2 aliphatic heterocycles. The number of rotatable bonds is 7. The van der Waals surface area contributed by atoms with Crippen LogP contribution < -0.4 is 21.3 Å². The summed E-state index contributed by atoms with van der Waals surface area (Å²) in [6.07, 6.45) is 17.2. The molecule has 11 heteroatoms. The number of nitrogens with zero attached hydrogens (tertiary/aromatic N) is 1. The number of aryl methyl sites for hydroxylation is 1. The molecule has 0 spiro atoms. The number of aliphatic hydroxyl groups excluding tert-OH is 1. The summed E-state index contributed by atoms with van der Waals surface area (Å²) in [6.45, 7) is 4.85. The van der Waals surface area contributed by atoms with Gasteiger partial charge < -0.3 is 36.6 Å². The highest BCUT2D eigenvalue weighted by atomic mass is 33.1. The fourth-order valence-corrected chi connectivity index (χ4v) is 13.9. The lowest BCUT2D eigenvalue weighted by Crippen LogP contribution is -2.38. The molecular weight excluding hydrogens is 851 g/mol. The maximum Gasteiger partial charge on any atom is 0.161 e. The highest BCUT2D eigenvalue weighted by Crippen LogP contribution is 2.64. The Bertz CT molecular complexity index is 2450. The number of fused-ring (bicyclic) bond motifs is 7. The number of ketones is 1. The van der Waals surface area contributed by atoms with Gasteiger partial charge in [0.1, 0.15) is 5.75 Å². The molecule has 9 nitrogen and oxygen atoms in total. The van der Waals surface area contributed by atoms with Crippen LogP contribution in [0.2, 0.25) is 0 Å². The van der Waals surface area contributed by atoms with E-state index in [1.54, 1.807) is 58.1 Å². The zero-order valence-electron chi connectivity index (χ0n) is 37.8. The number of phenolic OH excluding ortho intramolecular Hbond substituents is 2. The second-order valence-corrected chi connectivity index (χ2v) is 21.8. The average Bonchev–Trinajstić information content (AvgIpc) is 3.85. The predicted octanol–water partition coefficient (Wildman–Crippen LogP) is 9.59. The third-order valence-corrected chi connectivity index (χ3v) is 17.3. The normalized spacial score (nSPS) is 26.8. The van der Waals surface area contributed by atoms with Gasteiger partial charge in [-0.05, 0) is 132 Å². The van der Waals surface area contributed by atoms with Crippen molar-refractivity contribution in [1.82, 2.24) is 0 Å². The van der Waals surface area contributed by atoms with E-state index in [2.05, 4.69) is 42.8 Å². The maximum absolute atomic E-state index is 14.2. The minimum absolute atomic E-state index is 0.0150. The average molecular weight is 915 g/mol. The van der Waals surface area contributed by atoms with Crippen molar-refractivity contribution in [3.05, 3.63) is 123 Å². The zero-order chi connectivity index (χ0) is 45.7. The van der Waals surface area contributed by atoms with Crippen molar-refractivity contribution in [2.24, 2.45) is 39.1 Å². The van der Waals surface area contributed by atoms with Gasteiger partial charge in [0.15, 0.2) is 17.3 Å². The molecule has 8 rings (SSSR count). The van der Waals surface area contributed by atoms with Gasteiger partial charge in [0.25, 0.3) is 0 Å². The van der Waals surface area contributed by atoms with E-state index in [0.717, 1.165) is 59.3 Å². The zero-order valence-corrected chi connectivity index (χ0v) is 39.5. The SMILES string of the molecule is CCCCC[C@H](C)C[C@@H]1CC[C@]23CSSCc4cc5c(cc4C(N)N)C#CCC4=NC=CC4=C([O-])C[C@H]5c4cc(ccc4O)CCOc4cc(ccc4O)CCC(=O)/C=C/[C@]1(C[C@H]2O)C3. The molecular formula is C54H64N3O6S2-. The summed E-state index contributed by atoms with van der Waals surface area (Å²) in [7, 11) is 3.48. The van der Waals surface area contributed by atoms with Gasteiger partial charge in [-0.2, -0.15) is 0 Å². The molecule has 0 radical (unpaired) electrons. The molecule has 65 heavy (non-hydrogen) atoms. The van der Waals surface area contributed by atoms with Crippen molar-refractivity contribution in [3.63, 3.8) is 0 Å². The Morgan fingerprint density at radius 3 is 2.63 bits per heavy atom. The quantitative estimate of drug-likeness (QED) is 0.0665. The highest BCUT2D eigenvalue weighted by Gasteiger charge is 2.59. The smallest absolute Gasteiger partial charge is 0.161 e. The molecule has 0 amide bonds. The largest absolute Gasteiger partial charge is 0.875 e. The molecule has 2 heterocycles. The van der Waals surface area contributed by atoms with E-state index in [1.165, 1.54) is 25.7 Å². The number of hydrogen-bond acceptors (Lipinski definition) is 11. The Morgan fingerprint density at radius 1 is 1.00 bits per heavy atom. The molecule has 0 aromatic heterocycles. The number of phenols is 2. The van der Waals surface area contributed by atoms with E-state index >= 15 is 0 Å². The van der Waals surface area contributed by atoms with Crippen LogP contribution in [0.4, 0.5) is 0 Å². The number of ether oxygens (including phenoxy) is 1. The first-order valence-corrected chi connectivity index (χ1v) is 26.1. The van der Waals surface area contributed by atoms with Crippen LogP contribution in [0.3, 0.4) is 0 Å². The third-order valence-electron chi connectivity index (χ3n) is 14.8. The lowest BCUT2D eigenvalue weighted by molar-refractivity contribution is -0.307. The molecule has 3 aliphatic carbocycles. The molecule has 0 saturated heterocycles. The molecule has 344 valence electrons. The summed E-state index contributed by atoms with van der Waals surface area (Å²) in [4.78, 5) is 18.1. The van der Waals surface area contributed by atoms with Crippen molar-refractivity contribution < 1.29 is 30.0 Å². The van der Waals surface area contributed by atoms with Crippen LogP contribution in [-0.4, -0.2) is 45.3 Å². The van der Waals surface area contributed by atoms with Gasteiger partial charge in [-0.3, -0.25) is 9.79 Å². The van der Waals surface area contributed by atoms with Crippen molar-refractivity contribution in [1.29, 1.82) is 0 Å². The highest BCUT2D eigenvalue weighted by molar-refractivity contribution is 8.76. The van der Waals surface area contributed by atoms with Gasteiger partial charge in [0.2, 0.25) is 0 Å². The fourth-order valence-electron chi connectivity index (χ4n) is 11.1. The van der Waals surface area contributed by atoms with E-state index in [1.807, 2.05) is 24.3 Å². The van der Waals surface area contributed by atoms with E-state index in [4.69, 9.17) is 16.2 Å². The molecule has 3 aromatic carbocycles. The summed E-state index contributed by atoms with van der Waals surface area (Å²) < 4.78 is 6.17. The minimum Gasteiger partial charge on any atom is -0.875 e. The molecule has 8 bridgehead atoms. The van der Waals surface area contributed by atoms with Gasteiger partial charge in [-0.25, -0.2) is 0 Å². The van der Waals surface area contributed by atoms with Gasteiger partial charge in [-0.15, -0.1) is 5.76 Å². The van der Waals surface area contributed by atoms with Crippen molar-refractivity contribution in [3.8, 4) is 29.1 Å². The van der Waals surface area contributed by atoms with Crippen molar-refractivity contribution >= 4 is 33.1 Å². The Labute approximate surface area is 392 Å². The van der Waals surface area contributed by atoms with Crippen LogP contribution in [0.1, 0.15) is 142 Å². The number of carbonyl (C=O) groups excluding carboxylic acids is 1. The van der Waals surface area contributed by atoms with E-state index in [0.29, 0.717) is 77.9 Å². The first-order valence-electron chi connectivity index (χ1n) is 23.6. The maximum atomic E-state index is 14.2. The van der Waals surface area contributed by atoms with Gasteiger partial charge in [0, 0.05) is 53.0 Å². The molecule has 3 aromatic rings. The first kappa shape index (κ1) is 47.1. The monoisotopic (exact) mass is 914 g/mol. The Morgan fingerprint density at radius 2 is 1.82 bits per heavy atom. The third kappa shape index (κ3) is 10.6.